The summed E-state index contributed by atoms with van der Waals surface area (Å²) in [4.78, 5) is 10.8. The number of hydrogen-bond acceptors (Lipinski definition) is 5. The van der Waals surface area contributed by atoms with Gasteiger partial charge in [0.15, 0.2) is 11.5 Å². The summed E-state index contributed by atoms with van der Waals surface area (Å²) in [6, 6.07) is 9.15. The van der Waals surface area contributed by atoms with E-state index >= 15 is 0 Å². The van der Waals surface area contributed by atoms with Crippen LogP contribution in [0.1, 0.15) is 29.5 Å². The summed E-state index contributed by atoms with van der Waals surface area (Å²) in [5.74, 6) is 1.76. The van der Waals surface area contributed by atoms with Crippen molar-refractivity contribution in [3.8, 4) is 11.5 Å². The van der Waals surface area contributed by atoms with E-state index < -0.39 is 0 Å². The molecule has 0 spiro atoms. The summed E-state index contributed by atoms with van der Waals surface area (Å²) in [6.07, 6.45) is 5.24. The molecule has 2 aromatic rings. The number of nitrogens with one attached hydrogen (secondary N) is 1. The van der Waals surface area contributed by atoms with E-state index in [1.54, 1.807) is 32.4 Å². The number of halogens is 1. The molecule has 1 aliphatic heterocycles. The summed E-state index contributed by atoms with van der Waals surface area (Å²) in [5.41, 5.74) is 3.13. The lowest BCUT2D eigenvalue weighted by atomic mass is 9.77. The number of nitro groups is 1. The third kappa shape index (κ3) is 2.96. The Kier molecular flexibility index (Phi) is 4.55. The summed E-state index contributed by atoms with van der Waals surface area (Å²) < 4.78 is 11.7. The molecule has 7 heteroatoms. The maximum absolute atomic E-state index is 11.2. The number of fused-ring (bicyclic) bond motifs is 3. The molecule has 2 aliphatic rings. The van der Waals surface area contributed by atoms with Crippen LogP contribution in [0.25, 0.3) is 0 Å². The molecule has 2 aromatic carbocycles. The van der Waals surface area contributed by atoms with Gasteiger partial charge in [0.25, 0.3) is 5.69 Å². The summed E-state index contributed by atoms with van der Waals surface area (Å²) in [5, 5.41) is 14.8. The zero-order valence-electron chi connectivity index (χ0n) is 14.9. The van der Waals surface area contributed by atoms with Gasteiger partial charge in [-0.2, -0.15) is 0 Å². The number of anilines is 1. The lowest BCUT2D eigenvalue weighted by Crippen LogP contribution is -2.29. The van der Waals surface area contributed by atoms with Crippen LogP contribution in [-0.4, -0.2) is 19.1 Å². The molecular weight excluding hydrogens is 412 g/mol. The number of non-ortho nitro benzene ring substituents is 1. The van der Waals surface area contributed by atoms with E-state index in [0.717, 1.165) is 27.7 Å². The van der Waals surface area contributed by atoms with Crippen LogP contribution >= 0.6 is 15.9 Å². The van der Waals surface area contributed by atoms with Gasteiger partial charge in [0.1, 0.15) is 0 Å². The molecule has 1 N–H and O–H groups in total. The maximum Gasteiger partial charge on any atom is 0.269 e. The highest BCUT2D eigenvalue weighted by atomic mass is 79.9. The first-order chi connectivity index (χ1) is 13.0. The second kappa shape index (κ2) is 6.88. The van der Waals surface area contributed by atoms with Crippen molar-refractivity contribution in [2.24, 2.45) is 5.92 Å². The Balaban J connectivity index is 1.78. The van der Waals surface area contributed by atoms with Crippen molar-refractivity contribution in [2.75, 3.05) is 19.5 Å². The van der Waals surface area contributed by atoms with Crippen molar-refractivity contribution in [3.05, 3.63) is 68.2 Å². The Morgan fingerprint density at radius 1 is 1.22 bits per heavy atom. The SMILES string of the molecule is COc1cc(C2Nc3ccc([N+](=O)[O-])cc3C3C=CCC32)cc(Br)c1OC. The van der Waals surface area contributed by atoms with E-state index in [4.69, 9.17) is 9.47 Å². The molecule has 0 saturated carbocycles. The molecule has 27 heavy (non-hydrogen) atoms. The molecule has 0 amide bonds. The van der Waals surface area contributed by atoms with Gasteiger partial charge in [0.2, 0.25) is 0 Å². The molecule has 6 nitrogen and oxygen atoms in total. The van der Waals surface area contributed by atoms with Gasteiger partial charge in [0, 0.05) is 23.7 Å². The Morgan fingerprint density at radius 3 is 2.74 bits per heavy atom. The lowest BCUT2D eigenvalue weighted by Gasteiger charge is -2.37. The van der Waals surface area contributed by atoms with Gasteiger partial charge >= 0.3 is 0 Å². The Morgan fingerprint density at radius 2 is 2.04 bits per heavy atom. The average molecular weight is 431 g/mol. The molecule has 140 valence electrons. The number of nitrogens with zero attached hydrogens (tertiary/aromatic N) is 1. The molecule has 0 radical (unpaired) electrons. The van der Waals surface area contributed by atoms with Crippen LogP contribution < -0.4 is 14.8 Å². The second-order valence-corrected chi connectivity index (χ2v) is 7.60. The minimum atomic E-state index is -0.342. The lowest BCUT2D eigenvalue weighted by molar-refractivity contribution is -0.384. The number of rotatable bonds is 4. The van der Waals surface area contributed by atoms with Gasteiger partial charge < -0.3 is 14.8 Å². The number of ether oxygens (including phenoxy) is 2. The summed E-state index contributed by atoms with van der Waals surface area (Å²) in [6.45, 7) is 0. The van der Waals surface area contributed by atoms with Crippen LogP contribution in [-0.2, 0) is 0 Å². The van der Waals surface area contributed by atoms with Gasteiger partial charge in [-0.05, 0) is 57.6 Å². The van der Waals surface area contributed by atoms with Gasteiger partial charge in [0.05, 0.1) is 29.7 Å². The average Bonchev–Trinajstić information content (AvgIpc) is 3.16. The van der Waals surface area contributed by atoms with Crippen LogP contribution in [0.4, 0.5) is 11.4 Å². The van der Waals surface area contributed by atoms with Crippen LogP contribution in [0, 0.1) is 16.0 Å². The fourth-order valence-electron chi connectivity index (χ4n) is 4.14. The van der Waals surface area contributed by atoms with Crippen LogP contribution in [0.15, 0.2) is 47.0 Å². The van der Waals surface area contributed by atoms with Gasteiger partial charge in [-0.15, -0.1) is 0 Å². The molecule has 0 saturated heterocycles. The first kappa shape index (κ1) is 17.9. The molecule has 3 unspecified atom stereocenters. The molecule has 4 rings (SSSR count). The van der Waals surface area contributed by atoms with E-state index in [2.05, 4.69) is 33.4 Å². The van der Waals surface area contributed by atoms with Crippen LogP contribution in [0.2, 0.25) is 0 Å². The van der Waals surface area contributed by atoms with E-state index in [9.17, 15) is 10.1 Å². The van der Waals surface area contributed by atoms with Crippen molar-refractivity contribution in [3.63, 3.8) is 0 Å². The van der Waals surface area contributed by atoms with Crippen molar-refractivity contribution in [2.45, 2.75) is 18.4 Å². The van der Waals surface area contributed by atoms with Gasteiger partial charge in [-0.1, -0.05) is 12.2 Å². The normalized spacial score (nSPS) is 22.6. The monoisotopic (exact) mass is 430 g/mol. The molecule has 0 aromatic heterocycles. The molecule has 0 fully saturated rings. The number of benzene rings is 2. The zero-order chi connectivity index (χ0) is 19.1. The third-order valence-electron chi connectivity index (χ3n) is 5.37. The first-order valence-electron chi connectivity index (χ1n) is 8.66. The summed E-state index contributed by atoms with van der Waals surface area (Å²) in [7, 11) is 3.23. The van der Waals surface area contributed by atoms with E-state index in [-0.39, 0.29) is 28.5 Å². The number of hydrogen-bond donors (Lipinski definition) is 1. The predicted octanol–water partition coefficient (Wildman–Crippen LogP) is 5.20. The third-order valence-corrected chi connectivity index (χ3v) is 5.96. The van der Waals surface area contributed by atoms with Crippen molar-refractivity contribution in [1.82, 2.24) is 0 Å². The van der Waals surface area contributed by atoms with Crippen LogP contribution in [0.3, 0.4) is 0 Å². The molecule has 1 heterocycles. The Bertz CT molecular complexity index is 944. The Hall–Kier alpha value is -2.54. The van der Waals surface area contributed by atoms with Crippen LogP contribution in [0.5, 0.6) is 11.5 Å². The highest BCUT2D eigenvalue weighted by Gasteiger charge is 2.39. The molecular formula is C20H19BrN2O4. The van der Waals surface area contributed by atoms with E-state index in [0.29, 0.717) is 11.5 Å². The predicted molar refractivity (Wildman–Crippen MR) is 107 cm³/mol. The van der Waals surface area contributed by atoms with Crippen molar-refractivity contribution in [1.29, 1.82) is 0 Å². The fourth-order valence-corrected chi connectivity index (χ4v) is 4.76. The summed E-state index contributed by atoms with van der Waals surface area (Å²) >= 11 is 3.57. The standard InChI is InChI=1S/C20H19BrN2O4/c1-26-18-9-11(8-16(21)20(18)27-2)19-14-5-3-4-13(14)15-10-12(23(24)25)6-7-17(15)22-19/h3-4,6-10,13-14,19,22H,5H2,1-2H3. The van der Waals surface area contributed by atoms with Crippen molar-refractivity contribution >= 4 is 27.3 Å². The molecule has 0 bridgehead atoms. The quantitative estimate of drug-likeness (QED) is 0.409. The van der Waals surface area contributed by atoms with Gasteiger partial charge in [-0.3, -0.25) is 10.1 Å². The highest BCUT2D eigenvalue weighted by Crippen LogP contribution is 2.51. The minimum Gasteiger partial charge on any atom is -0.493 e. The number of allylic oxidation sites excluding steroid dienone is 2. The Labute approximate surface area is 165 Å². The molecule has 3 atom stereocenters. The molecule has 1 aliphatic carbocycles. The van der Waals surface area contributed by atoms with Crippen molar-refractivity contribution < 1.29 is 14.4 Å². The largest absolute Gasteiger partial charge is 0.493 e. The number of methoxy groups -OCH3 is 2. The van der Waals surface area contributed by atoms with E-state index in [1.165, 1.54) is 0 Å². The number of nitro benzene ring substituents is 1. The first-order valence-corrected chi connectivity index (χ1v) is 9.45. The van der Waals surface area contributed by atoms with E-state index in [1.807, 2.05) is 12.1 Å². The second-order valence-electron chi connectivity index (χ2n) is 6.74. The zero-order valence-corrected chi connectivity index (χ0v) is 16.5. The minimum absolute atomic E-state index is 0.0649. The smallest absolute Gasteiger partial charge is 0.269 e. The maximum atomic E-state index is 11.2. The topological polar surface area (TPSA) is 73.6 Å². The highest BCUT2D eigenvalue weighted by molar-refractivity contribution is 9.10. The van der Waals surface area contributed by atoms with Gasteiger partial charge in [-0.25, -0.2) is 0 Å². The fraction of sp³-hybridized carbons (Fsp3) is 0.300.